The molecule has 0 spiro atoms. The highest BCUT2D eigenvalue weighted by molar-refractivity contribution is 5.82. The number of benzene rings is 1. The molecule has 0 radical (unpaired) electrons. The fourth-order valence-electron chi connectivity index (χ4n) is 5.31. The van der Waals surface area contributed by atoms with Crippen LogP contribution >= 0.6 is 0 Å². The summed E-state index contributed by atoms with van der Waals surface area (Å²) in [6.45, 7) is 8.83. The number of amides is 1. The minimum Gasteiger partial charge on any atom is -0.467 e. The van der Waals surface area contributed by atoms with E-state index < -0.39 is 23.7 Å². The molecule has 4 aromatic rings. The van der Waals surface area contributed by atoms with E-state index in [1.807, 2.05) is 49.4 Å². The first-order chi connectivity index (χ1) is 22.1. The van der Waals surface area contributed by atoms with Crippen LogP contribution in [0.15, 0.2) is 60.8 Å². The predicted molar refractivity (Wildman–Crippen MR) is 175 cm³/mol. The van der Waals surface area contributed by atoms with Gasteiger partial charge in [0.1, 0.15) is 29.9 Å². The lowest BCUT2D eigenvalue weighted by Gasteiger charge is -2.33. The summed E-state index contributed by atoms with van der Waals surface area (Å²) in [6, 6.07) is 16.6. The van der Waals surface area contributed by atoms with Crippen molar-refractivity contribution >= 4 is 34.7 Å². The van der Waals surface area contributed by atoms with Crippen LogP contribution in [0, 0.1) is 6.92 Å². The van der Waals surface area contributed by atoms with Gasteiger partial charge in [-0.2, -0.15) is 9.97 Å². The van der Waals surface area contributed by atoms with Crippen LogP contribution < -0.4 is 20.3 Å². The van der Waals surface area contributed by atoms with E-state index in [1.54, 1.807) is 27.0 Å². The number of rotatable bonds is 10. The summed E-state index contributed by atoms with van der Waals surface area (Å²) in [5.74, 6) is 0.936. The molecule has 1 fully saturated rings. The van der Waals surface area contributed by atoms with Gasteiger partial charge in [0, 0.05) is 48.4 Å². The normalized spacial score (nSPS) is 14.4. The van der Waals surface area contributed by atoms with Crippen molar-refractivity contribution in [3.05, 3.63) is 77.6 Å². The van der Waals surface area contributed by atoms with E-state index >= 15 is 0 Å². The van der Waals surface area contributed by atoms with Crippen molar-refractivity contribution in [3.8, 4) is 6.01 Å². The Hall–Kier alpha value is -5.00. The zero-order valence-electron chi connectivity index (χ0n) is 26.9. The van der Waals surface area contributed by atoms with E-state index in [2.05, 4.69) is 42.6 Å². The maximum absolute atomic E-state index is 13.1. The Morgan fingerprint density at radius 2 is 1.76 bits per heavy atom. The fraction of sp³-hybridized carbons (Fsp3) is 0.412. The summed E-state index contributed by atoms with van der Waals surface area (Å²) >= 11 is 0. The molecule has 46 heavy (non-hydrogen) atoms. The number of carbonyl (C=O) groups is 2. The fourth-order valence-corrected chi connectivity index (χ4v) is 5.31. The minimum atomic E-state index is -1.05. The van der Waals surface area contributed by atoms with Crippen LogP contribution in [0.25, 0.3) is 11.0 Å². The Labute approximate surface area is 268 Å². The molecule has 5 rings (SSSR count). The van der Waals surface area contributed by atoms with Gasteiger partial charge in [-0.3, -0.25) is 0 Å². The maximum Gasteiger partial charge on any atom is 0.408 e. The van der Waals surface area contributed by atoms with Crippen molar-refractivity contribution in [1.29, 1.82) is 0 Å². The van der Waals surface area contributed by atoms with Crippen LogP contribution in [-0.4, -0.2) is 70.4 Å². The third-order valence-electron chi connectivity index (χ3n) is 7.65. The smallest absolute Gasteiger partial charge is 0.408 e. The first-order valence-corrected chi connectivity index (χ1v) is 15.4. The van der Waals surface area contributed by atoms with E-state index in [0.717, 1.165) is 59.6 Å². The second-order valence-electron chi connectivity index (χ2n) is 12.2. The first kappa shape index (κ1) is 32.4. The highest BCUT2D eigenvalue weighted by Gasteiger charge is 2.29. The Morgan fingerprint density at radius 1 is 1.00 bits per heavy atom. The molecule has 1 aromatic carbocycles. The van der Waals surface area contributed by atoms with Gasteiger partial charge in [0.05, 0.1) is 7.11 Å². The topological polar surface area (TPSA) is 141 Å². The van der Waals surface area contributed by atoms with Crippen molar-refractivity contribution < 1.29 is 23.8 Å². The van der Waals surface area contributed by atoms with E-state index in [4.69, 9.17) is 19.2 Å². The third kappa shape index (κ3) is 8.38. The molecule has 4 heterocycles. The van der Waals surface area contributed by atoms with Crippen molar-refractivity contribution in [2.75, 3.05) is 37.0 Å². The van der Waals surface area contributed by atoms with Crippen molar-refractivity contribution in [2.24, 2.45) is 0 Å². The highest BCUT2D eigenvalue weighted by Crippen LogP contribution is 2.33. The molecule has 0 aliphatic carbocycles. The average molecular weight is 628 g/mol. The zero-order valence-corrected chi connectivity index (χ0v) is 26.9. The minimum absolute atomic E-state index is 0.000456. The monoisotopic (exact) mass is 627 g/mol. The van der Waals surface area contributed by atoms with Crippen LogP contribution in [0.3, 0.4) is 0 Å². The first-order valence-electron chi connectivity index (χ1n) is 15.4. The number of fused-ring (bicyclic) bond motifs is 1. The highest BCUT2D eigenvalue weighted by atomic mass is 16.6. The molecular formula is C34H41N7O5. The molecule has 242 valence electrons. The van der Waals surface area contributed by atoms with Crippen molar-refractivity contribution in [2.45, 2.75) is 64.7 Å². The molecule has 0 bridgehead atoms. The number of ether oxygens (including phenoxy) is 3. The van der Waals surface area contributed by atoms with Crippen LogP contribution in [0.2, 0.25) is 0 Å². The summed E-state index contributed by atoms with van der Waals surface area (Å²) in [6.07, 6.45) is 2.83. The summed E-state index contributed by atoms with van der Waals surface area (Å²) < 4.78 is 16.4. The zero-order chi connectivity index (χ0) is 32.7. The average Bonchev–Trinajstić information content (AvgIpc) is 3.05. The molecule has 0 saturated carbocycles. The van der Waals surface area contributed by atoms with Gasteiger partial charge in [-0.05, 0) is 70.4 Å². The number of nitrogens with zero attached hydrogens (tertiary/aromatic N) is 5. The molecule has 1 aliphatic rings. The number of nitrogens with one attached hydrogen (secondary N) is 2. The van der Waals surface area contributed by atoms with E-state index in [0.29, 0.717) is 11.7 Å². The van der Waals surface area contributed by atoms with Gasteiger partial charge in [0.25, 0.3) is 0 Å². The second-order valence-corrected chi connectivity index (χ2v) is 12.2. The number of methoxy groups -OCH3 is 1. The van der Waals surface area contributed by atoms with Gasteiger partial charge in [-0.1, -0.05) is 30.3 Å². The number of anilines is 2. The molecule has 2 N–H and O–H groups in total. The summed E-state index contributed by atoms with van der Waals surface area (Å²) in [5, 5.41) is 6.89. The number of esters is 1. The van der Waals surface area contributed by atoms with Crippen molar-refractivity contribution in [3.63, 3.8) is 0 Å². The number of hydrogen-bond donors (Lipinski definition) is 2. The van der Waals surface area contributed by atoms with Gasteiger partial charge >= 0.3 is 18.1 Å². The number of pyridine rings is 2. The van der Waals surface area contributed by atoms with Crippen molar-refractivity contribution in [1.82, 2.24) is 25.3 Å². The molecule has 1 aliphatic heterocycles. The Balaban J connectivity index is 1.27. The van der Waals surface area contributed by atoms with E-state index in [9.17, 15) is 9.59 Å². The van der Waals surface area contributed by atoms with E-state index in [-0.39, 0.29) is 19.2 Å². The van der Waals surface area contributed by atoms with Gasteiger partial charge in [0.2, 0.25) is 0 Å². The molecule has 1 atom stereocenters. The number of alkyl carbamates (subject to hydrolysis) is 1. The quantitative estimate of drug-likeness (QED) is 0.225. The summed E-state index contributed by atoms with van der Waals surface area (Å²) in [5.41, 5.74) is 2.68. The van der Waals surface area contributed by atoms with Crippen LogP contribution in [0.4, 0.5) is 16.4 Å². The molecule has 1 amide bonds. The lowest BCUT2D eigenvalue weighted by molar-refractivity contribution is -0.156. The summed E-state index contributed by atoms with van der Waals surface area (Å²) in [7, 11) is 1.51. The number of hydrogen-bond acceptors (Lipinski definition) is 11. The largest absolute Gasteiger partial charge is 0.467 e. The lowest BCUT2D eigenvalue weighted by atomic mass is 9.92. The molecule has 1 unspecified atom stereocenters. The molecule has 1 saturated heterocycles. The third-order valence-corrected chi connectivity index (χ3v) is 7.65. The van der Waals surface area contributed by atoms with Gasteiger partial charge < -0.3 is 29.7 Å². The Bertz CT molecular complexity index is 1650. The molecule has 12 heteroatoms. The molecule has 3 aromatic heterocycles. The van der Waals surface area contributed by atoms with Gasteiger partial charge in [0.15, 0.2) is 5.65 Å². The number of aromatic nitrogens is 4. The Kier molecular flexibility index (Phi) is 10.1. The Morgan fingerprint density at radius 3 is 2.48 bits per heavy atom. The molecular weight excluding hydrogens is 586 g/mol. The molecule has 12 nitrogen and oxygen atoms in total. The van der Waals surface area contributed by atoms with Crippen LogP contribution in [0.1, 0.15) is 56.4 Å². The van der Waals surface area contributed by atoms with Gasteiger partial charge in [-0.25, -0.2) is 19.6 Å². The number of piperidine rings is 1. The van der Waals surface area contributed by atoms with Gasteiger partial charge in [-0.15, -0.1) is 0 Å². The maximum atomic E-state index is 13.1. The standard InChI is InChI=1S/C34H41N7O5/c1-22-28(36-20-27(31(42)46-34(2,3)4)38-33(43)45-21-23-10-7-6-8-11-23)39-32(44-5)40-30(22)41-18-15-24(16-19-41)26-14-13-25-12-9-17-35-29(25)37-26/h6-14,17,24,27H,15-16,18-21H2,1-5H3,(H,38,43)(H,36,39,40). The van der Waals surface area contributed by atoms with E-state index in [1.165, 1.54) is 7.11 Å². The van der Waals surface area contributed by atoms with Crippen LogP contribution in [0.5, 0.6) is 6.01 Å². The lowest BCUT2D eigenvalue weighted by Crippen LogP contribution is -2.48. The predicted octanol–water partition coefficient (Wildman–Crippen LogP) is 5.17. The van der Waals surface area contributed by atoms with Crippen LogP contribution in [-0.2, 0) is 20.9 Å². The summed E-state index contributed by atoms with van der Waals surface area (Å²) in [4.78, 5) is 46.5. The second kappa shape index (κ2) is 14.4. The number of carbonyl (C=O) groups excluding carboxylic acids is 2. The SMILES string of the molecule is COc1nc(NCC(NC(=O)OCc2ccccc2)C(=O)OC(C)(C)C)c(C)c(N2CCC(c3ccc4cccnc4n3)CC2)n1.